The molecule has 1 aliphatic carbocycles. The molecule has 0 saturated heterocycles. The molecule has 1 aromatic carbocycles. The van der Waals surface area contributed by atoms with Gasteiger partial charge in [0.25, 0.3) is 0 Å². The average molecular weight is 282 g/mol. The summed E-state index contributed by atoms with van der Waals surface area (Å²) in [5.74, 6) is -1.07. The fraction of sp³-hybridized carbons (Fsp3) is 0.500. The number of hydrogen-bond donors (Lipinski definition) is 2. The van der Waals surface area contributed by atoms with Crippen molar-refractivity contribution in [2.75, 3.05) is 25.3 Å². The minimum absolute atomic E-state index is 0.0311. The van der Waals surface area contributed by atoms with Crippen LogP contribution in [0, 0.1) is 5.82 Å². The highest BCUT2D eigenvalue weighted by Gasteiger charge is 2.28. The second-order valence-corrected chi connectivity index (χ2v) is 4.87. The highest BCUT2D eigenvalue weighted by Crippen LogP contribution is 2.28. The number of hydrogen-bond acceptors (Lipinski definition) is 5. The van der Waals surface area contributed by atoms with E-state index in [1.54, 1.807) is 7.11 Å². The Labute approximate surface area is 117 Å². The molecule has 2 rings (SSSR count). The minimum Gasteiger partial charge on any atom is -0.465 e. The first-order chi connectivity index (χ1) is 9.56. The van der Waals surface area contributed by atoms with Gasteiger partial charge in [-0.05, 0) is 31.4 Å². The van der Waals surface area contributed by atoms with Crippen LogP contribution in [0.5, 0.6) is 0 Å². The molecule has 2 unspecified atom stereocenters. The third-order valence-electron chi connectivity index (χ3n) is 3.64. The van der Waals surface area contributed by atoms with Crippen LogP contribution < -0.4 is 11.1 Å². The van der Waals surface area contributed by atoms with Crippen molar-refractivity contribution in [3.05, 3.63) is 23.5 Å². The predicted molar refractivity (Wildman–Crippen MR) is 74.2 cm³/mol. The molecule has 1 fully saturated rings. The number of rotatable bonds is 4. The van der Waals surface area contributed by atoms with Crippen molar-refractivity contribution in [3.8, 4) is 0 Å². The number of carbonyl (C=O) groups excluding carboxylic acids is 1. The van der Waals surface area contributed by atoms with Crippen molar-refractivity contribution in [2.24, 2.45) is 0 Å². The summed E-state index contributed by atoms with van der Waals surface area (Å²) in [6.45, 7) is 0. The smallest absolute Gasteiger partial charge is 0.340 e. The van der Waals surface area contributed by atoms with Crippen LogP contribution in [0.4, 0.5) is 15.8 Å². The molecule has 3 N–H and O–H groups in total. The number of esters is 1. The van der Waals surface area contributed by atoms with E-state index in [-0.39, 0.29) is 29.1 Å². The number of ether oxygens (including phenoxy) is 2. The lowest BCUT2D eigenvalue weighted by Gasteiger charge is -2.21. The molecule has 20 heavy (non-hydrogen) atoms. The Balaban J connectivity index is 2.25. The predicted octanol–water partition coefficient (Wildman–Crippen LogP) is 2.17. The van der Waals surface area contributed by atoms with E-state index >= 15 is 0 Å². The number of nitrogens with one attached hydrogen (secondary N) is 1. The molecule has 0 amide bonds. The van der Waals surface area contributed by atoms with E-state index in [2.05, 4.69) is 10.1 Å². The van der Waals surface area contributed by atoms with Gasteiger partial charge in [0.05, 0.1) is 30.5 Å². The Morgan fingerprint density at radius 3 is 2.80 bits per heavy atom. The van der Waals surface area contributed by atoms with Crippen molar-refractivity contribution in [3.63, 3.8) is 0 Å². The van der Waals surface area contributed by atoms with Gasteiger partial charge in [-0.1, -0.05) is 0 Å². The maximum Gasteiger partial charge on any atom is 0.340 e. The Morgan fingerprint density at radius 2 is 2.15 bits per heavy atom. The topological polar surface area (TPSA) is 73.6 Å². The SMILES string of the molecule is COC(=O)c1cc(NC2CCCC2OC)c(F)cc1N. The summed E-state index contributed by atoms with van der Waals surface area (Å²) in [7, 11) is 2.90. The van der Waals surface area contributed by atoms with Crippen LogP contribution in [0.3, 0.4) is 0 Å². The number of benzene rings is 1. The van der Waals surface area contributed by atoms with Gasteiger partial charge in [-0.25, -0.2) is 9.18 Å². The molecule has 0 spiro atoms. The van der Waals surface area contributed by atoms with Gasteiger partial charge in [-0.2, -0.15) is 0 Å². The lowest BCUT2D eigenvalue weighted by Crippen LogP contribution is -2.30. The van der Waals surface area contributed by atoms with E-state index in [1.807, 2.05) is 0 Å². The summed E-state index contributed by atoms with van der Waals surface area (Å²) in [6, 6.07) is 2.55. The van der Waals surface area contributed by atoms with Crippen LogP contribution in [0.15, 0.2) is 12.1 Å². The molecule has 0 aliphatic heterocycles. The molecule has 6 heteroatoms. The van der Waals surface area contributed by atoms with Crippen LogP contribution in [0.2, 0.25) is 0 Å². The van der Waals surface area contributed by atoms with Gasteiger partial charge in [0.1, 0.15) is 5.82 Å². The van der Waals surface area contributed by atoms with E-state index < -0.39 is 11.8 Å². The van der Waals surface area contributed by atoms with Crippen molar-refractivity contribution in [1.82, 2.24) is 0 Å². The Kier molecular flexibility index (Phi) is 4.44. The van der Waals surface area contributed by atoms with Crippen molar-refractivity contribution < 1.29 is 18.7 Å². The van der Waals surface area contributed by atoms with Gasteiger partial charge in [-0.3, -0.25) is 0 Å². The number of methoxy groups -OCH3 is 2. The molecule has 2 atom stereocenters. The molecule has 110 valence electrons. The van der Waals surface area contributed by atoms with Crippen molar-refractivity contribution in [1.29, 1.82) is 0 Å². The molecule has 1 aromatic rings. The normalized spacial score (nSPS) is 21.8. The molecular weight excluding hydrogens is 263 g/mol. The molecule has 1 saturated carbocycles. The fourth-order valence-corrected chi connectivity index (χ4v) is 2.56. The van der Waals surface area contributed by atoms with Crippen molar-refractivity contribution in [2.45, 2.75) is 31.4 Å². The van der Waals surface area contributed by atoms with E-state index in [0.717, 1.165) is 25.3 Å². The number of carbonyl (C=O) groups is 1. The highest BCUT2D eigenvalue weighted by molar-refractivity contribution is 5.96. The summed E-state index contributed by atoms with van der Waals surface area (Å²) in [6.07, 6.45) is 2.91. The third kappa shape index (κ3) is 2.85. The first kappa shape index (κ1) is 14.6. The highest BCUT2D eigenvalue weighted by atomic mass is 19.1. The standard InChI is InChI=1S/C14H19FN2O3/c1-19-13-5-3-4-11(13)17-12-6-8(14(18)20-2)10(16)7-9(12)15/h6-7,11,13,17H,3-5,16H2,1-2H3. The van der Waals surface area contributed by atoms with E-state index in [9.17, 15) is 9.18 Å². The first-order valence-electron chi connectivity index (χ1n) is 6.53. The van der Waals surface area contributed by atoms with Gasteiger partial charge in [0.2, 0.25) is 0 Å². The van der Waals surface area contributed by atoms with Gasteiger partial charge >= 0.3 is 5.97 Å². The Morgan fingerprint density at radius 1 is 1.40 bits per heavy atom. The van der Waals surface area contributed by atoms with Gasteiger partial charge in [0.15, 0.2) is 0 Å². The average Bonchev–Trinajstić information content (AvgIpc) is 2.88. The van der Waals surface area contributed by atoms with Crippen LogP contribution in [-0.4, -0.2) is 32.3 Å². The van der Waals surface area contributed by atoms with Crippen LogP contribution in [0.25, 0.3) is 0 Å². The largest absolute Gasteiger partial charge is 0.465 e. The zero-order valence-corrected chi connectivity index (χ0v) is 11.6. The Hall–Kier alpha value is -1.82. The lowest BCUT2D eigenvalue weighted by atomic mass is 10.1. The number of halogens is 1. The zero-order valence-electron chi connectivity index (χ0n) is 11.6. The van der Waals surface area contributed by atoms with E-state index in [1.165, 1.54) is 13.2 Å². The summed E-state index contributed by atoms with van der Waals surface area (Å²) < 4.78 is 23.9. The fourth-order valence-electron chi connectivity index (χ4n) is 2.56. The van der Waals surface area contributed by atoms with Crippen molar-refractivity contribution >= 4 is 17.3 Å². The van der Waals surface area contributed by atoms with Crippen LogP contribution >= 0.6 is 0 Å². The van der Waals surface area contributed by atoms with E-state index in [0.29, 0.717) is 0 Å². The summed E-state index contributed by atoms with van der Waals surface area (Å²) >= 11 is 0. The lowest BCUT2D eigenvalue weighted by molar-refractivity contribution is 0.0602. The summed E-state index contributed by atoms with van der Waals surface area (Å²) in [5.41, 5.74) is 6.10. The number of anilines is 2. The quantitative estimate of drug-likeness (QED) is 0.654. The van der Waals surface area contributed by atoms with Gasteiger partial charge in [-0.15, -0.1) is 0 Å². The number of nitrogen functional groups attached to an aromatic ring is 1. The van der Waals surface area contributed by atoms with Gasteiger partial charge < -0.3 is 20.5 Å². The maximum absolute atomic E-state index is 13.9. The molecular formula is C14H19FN2O3. The summed E-state index contributed by atoms with van der Waals surface area (Å²) in [5, 5.41) is 3.09. The van der Waals surface area contributed by atoms with Crippen LogP contribution in [-0.2, 0) is 9.47 Å². The van der Waals surface area contributed by atoms with E-state index in [4.69, 9.17) is 10.5 Å². The second kappa shape index (κ2) is 6.09. The molecule has 0 aromatic heterocycles. The second-order valence-electron chi connectivity index (χ2n) is 4.87. The molecule has 5 nitrogen and oxygen atoms in total. The summed E-state index contributed by atoms with van der Waals surface area (Å²) in [4.78, 5) is 11.6. The first-order valence-corrected chi connectivity index (χ1v) is 6.53. The molecule has 0 heterocycles. The molecule has 1 aliphatic rings. The molecule has 0 radical (unpaired) electrons. The molecule has 0 bridgehead atoms. The maximum atomic E-state index is 13.9. The van der Waals surface area contributed by atoms with Gasteiger partial charge in [0, 0.05) is 12.8 Å². The zero-order chi connectivity index (χ0) is 14.7. The van der Waals surface area contributed by atoms with Crippen LogP contribution in [0.1, 0.15) is 29.6 Å². The minimum atomic E-state index is -0.583. The number of nitrogens with two attached hydrogens (primary N) is 1. The third-order valence-corrected chi connectivity index (χ3v) is 3.64. The Bertz CT molecular complexity index is 507. The monoisotopic (exact) mass is 282 g/mol.